The van der Waals surface area contributed by atoms with Crippen LogP contribution in [0.2, 0.25) is 0 Å². The minimum absolute atomic E-state index is 0.0843. The van der Waals surface area contributed by atoms with Crippen molar-refractivity contribution in [2.45, 2.75) is 72.4 Å². The molecule has 2 heterocycles. The van der Waals surface area contributed by atoms with E-state index < -0.39 is 23.2 Å². The maximum absolute atomic E-state index is 12.9. The summed E-state index contributed by atoms with van der Waals surface area (Å²) in [6.07, 6.45) is 2.82. The van der Waals surface area contributed by atoms with Crippen LogP contribution in [0.4, 0.5) is 10.5 Å². The van der Waals surface area contributed by atoms with Crippen LogP contribution in [-0.4, -0.2) is 46.7 Å². The number of thioether (sulfide) groups is 1. The molecule has 6 nitrogen and oxygen atoms in total. The van der Waals surface area contributed by atoms with Gasteiger partial charge in [0.1, 0.15) is 6.04 Å². The molecule has 7 heteroatoms. The number of hydrogen-bond acceptors (Lipinski definition) is 6. The molecule has 1 fully saturated rings. The number of imide groups is 1. The summed E-state index contributed by atoms with van der Waals surface area (Å²) in [4.78, 5) is 41.2. The SMILES string of the molecule is CCOC(=O)[C@@H](C)N1C(=O)S/C(=C/c2cc3c(cc2C)N(CC)C(C)(C)C[C@@H]3C)C1=O. The lowest BCUT2D eigenvalue weighted by molar-refractivity contribution is -0.150. The van der Waals surface area contributed by atoms with E-state index in [4.69, 9.17) is 4.74 Å². The highest BCUT2D eigenvalue weighted by molar-refractivity contribution is 8.18. The molecular weight excluding hydrogens is 412 g/mol. The van der Waals surface area contributed by atoms with Crippen molar-refractivity contribution in [2.75, 3.05) is 18.1 Å². The number of ether oxygens (including phenoxy) is 1. The van der Waals surface area contributed by atoms with Crippen molar-refractivity contribution in [2.24, 2.45) is 0 Å². The Kier molecular flexibility index (Phi) is 6.56. The van der Waals surface area contributed by atoms with Crippen LogP contribution in [0.15, 0.2) is 17.0 Å². The van der Waals surface area contributed by atoms with Crippen LogP contribution in [-0.2, 0) is 14.3 Å². The average molecular weight is 445 g/mol. The standard InChI is InChI=1S/C24H32N2O4S/c1-8-25-19-10-14(3)17(11-18(19)15(4)13-24(25,6)7)12-20-21(27)26(23(29)31-20)16(5)22(28)30-9-2/h10-12,15-16H,8-9,13H2,1-7H3/b20-12+/t15-,16+/m0/s1. The fourth-order valence-corrected chi connectivity index (χ4v) is 5.63. The van der Waals surface area contributed by atoms with Gasteiger partial charge in [-0.15, -0.1) is 0 Å². The van der Waals surface area contributed by atoms with Gasteiger partial charge in [0.15, 0.2) is 0 Å². The fourth-order valence-electron chi connectivity index (χ4n) is 4.73. The number of benzene rings is 1. The zero-order valence-corrected chi connectivity index (χ0v) is 20.3. The van der Waals surface area contributed by atoms with Crippen molar-refractivity contribution in [3.8, 4) is 0 Å². The summed E-state index contributed by atoms with van der Waals surface area (Å²) in [6, 6.07) is 3.40. The largest absolute Gasteiger partial charge is 0.464 e. The number of hydrogen-bond donors (Lipinski definition) is 0. The summed E-state index contributed by atoms with van der Waals surface area (Å²) < 4.78 is 4.98. The summed E-state index contributed by atoms with van der Waals surface area (Å²) in [5, 5.41) is -0.445. The molecule has 2 amide bonds. The van der Waals surface area contributed by atoms with Gasteiger partial charge in [-0.3, -0.25) is 14.5 Å². The first-order chi connectivity index (χ1) is 14.5. The molecule has 31 heavy (non-hydrogen) atoms. The Bertz CT molecular complexity index is 953. The second kappa shape index (κ2) is 8.69. The number of amides is 2. The summed E-state index contributed by atoms with van der Waals surface area (Å²) in [6.45, 7) is 15.3. The van der Waals surface area contributed by atoms with Crippen LogP contribution in [0.25, 0.3) is 6.08 Å². The Morgan fingerprint density at radius 1 is 1.32 bits per heavy atom. The van der Waals surface area contributed by atoms with Crippen molar-refractivity contribution < 1.29 is 19.1 Å². The highest BCUT2D eigenvalue weighted by Gasteiger charge is 2.41. The Labute approximate surface area is 189 Å². The molecule has 0 N–H and O–H groups in total. The van der Waals surface area contributed by atoms with Gasteiger partial charge in [-0.1, -0.05) is 6.92 Å². The molecule has 0 bridgehead atoms. The van der Waals surface area contributed by atoms with Gasteiger partial charge in [0, 0.05) is 17.8 Å². The molecule has 1 saturated heterocycles. The van der Waals surface area contributed by atoms with Gasteiger partial charge in [-0.05, 0) is 101 Å². The molecule has 2 aliphatic heterocycles. The minimum atomic E-state index is -0.941. The smallest absolute Gasteiger partial charge is 0.329 e. The Hall–Kier alpha value is -2.28. The first kappa shape index (κ1) is 23.4. The van der Waals surface area contributed by atoms with Crippen LogP contribution in [0.5, 0.6) is 0 Å². The maximum Gasteiger partial charge on any atom is 0.329 e. The van der Waals surface area contributed by atoms with E-state index >= 15 is 0 Å². The van der Waals surface area contributed by atoms with Crippen LogP contribution in [0, 0.1) is 6.92 Å². The van der Waals surface area contributed by atoms with Gasteiger partial charge in [-0.2, -0.15) is 0 Å². The van der Waals surface area contributed by atoms with Crippen molar-refractivity contribution in [3.05, 3.63) is 33.7 Å². The highest BCUT2D eigenvalue weighted by Crippen LogP contribution is 2.45. The summed E-state index contributed by atoms with van der Waals surface area (Å²) in [5.74, 6) is -0.636. The number of rotatable bonds is 5. The van der Waals surface area contributed by atoms with Crippen LogP contribution in [0.3, 0.4) is 0 Å². The number of carbonyl (C=O) groups is 3. The Balaban J connectivity index is 1.96. The predicted octanol–water partition coefficient (Wildman–Crippen LogP) is 5.10. The topological polar surface area (TPSA) is 66.9 Å². The van der Waals surface area contributed by atoms with Gasteiger partial charge < -0.3 is 9.64 Å². The quantitative estimate of drug-likeness (QED) is 0.465. The van der Waals surface area contributed by atoms with Gasteiger partial charge >= 0.3 is 5.97 Å². The maximum atomic E-state index is 12.9. The van der Waals surface area contributed by atoms with Crippen LogP contribution >= 0.6 is 11.8 Å². The number of fused-ring (bicyclic) bond motifs is 1. The first-order valence-electron chi connectivity index (χ1n) is 10.9. The molecule has 0 spiro atoms. The molecule has 2 aliphatic rings. The first-order valence-corrected chi connectivity index (χ1v) is 11.7. The number of aryl methyl sites for hydroxylation is 1. The van der Waals surface area contributed by atoms with Gasteiger partial charge in [0.2, 0.25) is 0 Å². The van der Waals surface area contributed by atoms with E-state index in [1.807, 2.05) is 6.92 Å². The van der Waals surface area contributed by atoms with Crippen LogP contribution in [0.1, 0.15) is 70.6 Å². The third-order valence-corrected chi connectivity index (χ3v) is 7.10. The molecule has 1 aromatic carbocycles. The average Bonchev–Trinajstić information content (AvgIpc) is 2.95. The van der Waals surface area contributed by atoms with Crippen molar-refractivity contribution in [3.63, 3.8) is 0 Å². The third kappa shape index (κ3) is 4.25. The Morgan fingerprint density at radius 3 is 2.61 bits per heavy atom. The molecule has 1 aromatic rings. The molecule has 0 radical (unpaired) electrons. The second-order valence-electron chi connectivity index (χ2n) is 8.91. The normalized spacial score (nSPS) is 22.7. The van der Waals surface area contributed by atoms with Gasteiger partial charge in [0.25, 0.3) is 11.1 Å². The minimum Gasteiger partial charge on any atom is -0.464 e. The molecule has 3 rings (SSSR count). The van der Waals surface area contributed by atoms with Crippen molar-refractivity contribution in [1.82, 2.24) is 4.90 Å². The number of nitrogens with zero attached hydrogens (tertiary/aromatic N) is 2. The van der Waals surface area contributed by atoms with E-state index in [1.165, 1.54) is 18.2 Å². The number of esters is 1. The predicted molar refractivity (Wildman–Crippen MR) is 125 cm³/mol. The van der Waals surface area contributed by atoms with E-state index in [1.54, 1.807) is 13.0 Å². The molecule has 168 valence electrons. The second-order valence-corrected chi connectivity index (χ2v) is 9.90. The lowest BCUT2D eigenvalue weighted by Gasteiger charge is -2.47. The third-order valence-electron chi connectivity index (χ3n) is 6.21. The van der Waals surface area contributed by atoms with E-state index in [9.17, 15) is 14.4 Å². The monoisotopic (exact) mass is 444 g/mol. The lowest BCUT2D eigenvalue weighted by Crippen LogP contribution is -2.48. The molecule has 0 saturated carbocycles. The van der Waals surface area contributed by atoms with Crippen LogP contribution < -0.4 is 4.90 Å². The summed E-state index contributed by atoms with van der Waals surface area (Å²) >= 11 is 0.873. The molecule has 0 aromatic heterocycles. The molecule has 0 unspecified atom stereocenters. The zero-order chi connectivity index (χ0) is 23.1. The fraction of sp³-hybridized carbons (Fsp3) is 0.542. The zero-order valence-electron chi connectivity index (χ0n) is 19.4. The number of anilines is 1. The number of carbonyl (C=O) groups excluding carboxylic acids is 3. The molecular formula is C24H32N2O4S. The van der Waals surface area contributed by atoms with Crippen molar-refractivity contribution in [1.29, 1.82) is 0 Å². The lowest BCUT2D eigenvalue weighted by atomic mass is 9.79. The summed E-state index contributed by atoms with van der Waals surface area (Å²) in [5.41, 5.74) is 4.56. The Morgan fingerprint density at radius 2 is 2.00 bits per heavy atom. The molecule has 2 atom stereocenters. The van der Waals surface area contributed by atoms with E-state index in [0.717, 1.165) is 40.8 Å². The van der Waals surface area contributed by atoms with Crippen molar-refractivity contribution >= 4 is 40.6 Å². The van der Waals surface area contributed by atoms with E-state index in [0.29, 0.717) is 10.8 Å². The van der Waals surface area contributed by atoms with Gasteiger partial charge in [0.05, 0.1) is 11.5 Å². The summed E-state index contributed by atoms with van der Waals surface area (Å²) in [7, 11) is 0. The molecule has 0 aliphatic carbocycles. The van der Waals surface area contributed by atoms with E-state index in [2.05, 4.69) is 44.7 Å². The highest BCUT2D eigenvalue weighted by atomic mass is 32.2. The van der Waals surface area contributed by atoms with E-state index in [-0.39, 0.29) is 12.1 Å². The van der Waals surface area contributed by atoms with Gasteiger partial charge in [-0.25, -0.2) is 4.79 Å².